The topological polar surface area (TPSA) is 39.6 Å². The Kier molecular flexibility index (Phi) is 1.53. The number of aromatic nitrogens is 1. The summed E-state index contributed by atoms with van der Waals surface area (Å²) in [7, 11) is 0. The zero-order valence-electron chi connectivity index (χ0n) is 6.48. The molecule has 2 nitrogen and oxygen atoms in total. The van der Waals surface area contributed by atoms with E-state index < -0.39 is 0 Å². The van der Waals surface area contributed by atoms with Crippen molar-refractivity contribution in [3.05, 3.63) is 23.0 Å². The summed E-state index contributed by atoms with van der Waals surface area (Å²) in [6, 6.07) is 2.10. The number of fused-ring (bicyclic) bond motifs is 1. The van der Waals surface area contributed by atoms with E-state index in [1.807, 2.05) is 0 Å². The normalized spacial score (nSPS) is 16.0. The van der Waals surface area contributed by atoms with Crippen LogP contribution in [-0.4, -0.2) is 11.2 Å². The summed E-state index contributed by atoms with van der Waals surface area (Å²) >= 11 is 0. The predicted octanol–water partition coefficient (Wildman–Crippen LogP) is 1.89. The van der Waals surface area contributed by atoms with Gasteiger partial charge >= 0.3 is 0 Å². The number of aromatic amines is 1. The van der Waals surface area contributed by atoms with Crippen LogP contribution in [0.5, 0.6) is 0 Å². The first-order valence-corrected chi connectivity index (χ1v) is 4.11. The summed E-state index contributed by atoms with van der Waals surface area (Å²) in [5.41, 5.74) is 3.74. The van der Waals surface area contributed by atoms with Crippen molar-refractivity contribution in [3.63, 3.8) is 0 Å². The maximum Gasteiger partial charge on any atom is 0.0564 e. The Morgan fingerprint density at radius 3 is 2.91 bits per heavy atom. The van der Waals surface area contributed by atoms with E-state index in [0.717, 1.165) is 5.69 Å². The van der Waals surface area contributed by atoms with E-state index >= 15 is 0 Å². The molecule has 11 heavy (non-hydrogen) atoms. The van der Waals surface area contributed by atoms with E-state index in [1.54, 1.807) is 0 Å². The van der Waals surface area contributed by atoms with Crippen molar-refractivity contribution in [2.75, 3.05) is 0 Å². The Hall–Kier alpha value is -1.05. The number of aryl methyl sites for hydroxylation is 2. The van der Waals surface area contributed by atoms with Crippen LogP contribution in [0.15, 0.2) is 6.07 Å². The molecule has 58 valence electrons. The van der Waals surface area contributed by atoms with Crippen molar-refractivity contribution in [2.45, 2.75) is 25.7 Å². The molecule has 1 aromatic heterocycles. The third-order valence-electron chi connectivity index (χ3n) is 2.29. The highest BCUT2D eigenvalue weighted by Crippen LogP contribution is 2.20. The molecule has 0 spiro atoms. The molecule has 1 heterocycles. The van der Waals surface area contributed by atoms with Crippen LogP contribution in [0, 0.1) is 5.41 Å². The summed E-state index contributed by atoms with van der Waals surface area (Å²) < 4.78 is 0. The van der Waals surface area contributed by atoms with E-state index in [-0.39, 0.29) is 0 Å². The fourth-order valence-electron chi connectivity index (χ4n) is 1.71. The highest BCUT2D eigenvalue weighted by atomic mass is 14.7. The molecule has 2 heteroatoms. The lowest BCUT2D eigenvalue weighted by Gasteiger charge is -2.08. The standard InChI is InChI=1S/C9H12N2/c10-6-8-5-7-3-1-2-4-9(7)11-8/h5-6,10-11H,1-4H2. The molecular formula is C9H12N2. The van der Waals surface area contributed by atoms with Crippen LogP contribution in [0.2, 0.25) is 0 Å². The molecular weight excluding hydrogens is 136 g/mol. The average molecular weight is 148 g/mol. The van der Waals surface area contributed by atoms with Crippen LogP contribution in [0.3, 0.4) is 0 Å². The molecule has 0 saturated heterocycles. The largest absolute Gasteiger partial charge is 0.357 e. The van der Waals surface area contributed by atoms with Gasteiger partial charge in [0.05, 0.1) is 5.69 Å². The minimum absolute atomic E-state index is 0.955. The Balaban J connectivity index is 2.39. The first-order chi connectivity index (χ1) is 5.40. The van der Waals surface area contributed by atoms with Crippen molar-refractivity contribution in [1.29, 1.82) is 5.41 Å². The smallest absolute Gasteiger partial charge is 0.0564 e. The highest BCUT2D eigenvalue weighted by Gasteiger charge is 2.10. The number of nitrogens with one attached hydrogen (secondary N) is 2. The van der Waals surface area contributed by atoms with Crippen LogP contribution in [-0.2, 0) is 12.8 Å². The van der Waals surface area contributed by atoms with Crippen LogP contribution in [0.1, 0.15) is 29.8 Å². The van der Waals surface area contributed by atoms with Crippen molar-refractivity contribution in [1.82, 2.24) is 4.98 Å². The third kappa shape index (κ3) is 1.09. The zero-order chi connectivity index (χ0) is 7.68. The van der Waals surface area contributed by atoms with Gasteiger partial charge in [0.25, 0.3) is 0 Å². The minimum atomic E-state index is 0.955. The van der Waals surface area contributed by atoms with Gasteiger partial charge in [0.15, 0.2) is 0 Å². The van der Waals surface area contributed by atoms with Crippen LogP contribution >= 0.6 is 0 Å². The predicted molar refractivity (Wildman–Crippen MR) is 45.3 cm³/mol. The van der Waals surface area contributed by atoms with Gasteiger partial charge in [0.2, 0.25) is 0 Å². The van der Waals surface area contributed by atoms with E-state index in [0.29, 0.717) is 0 Å². The highest BCUT2D eigenvalue weighted by molar-refractivity contribution is 5.75. The third-order valence-corrected chi connectivity index (χ3v) is 2.29. The van der Waals surface area contributed by atoms with Crippen molar-refractivity contribution >= 4 is 6.21 Å². The number of hydrogen-bond donors (Lipinski definition) is 2. The quantitative estimate of drug-likeness (QED) is 0.571. The summed E-state index contributed by atoms with van der Waals surface area (Å²) in [4.78, 5) is 3.24. The van der Waals surface area contributed by atoms with Gasteiger partial charge in [-0.15, -0.1) is 0 Å². The fourth-order valence-corrected chi connectivity index (χ4v) is 1.71. The molecule has 2 rings (SSSR count). The molecule has 0 aromatic carbocycles. The lowest BCUT2D eigenvalue weighted by atomic mass is 9.98. The van der Waals surface area contributed by atoms with Gasteiger partial charge in [-0.2, -0.15) is 0 Å². The second-order valence-corrected chi connectivity index (χ2v) is 3.08. The summed E-state index contributed by atoms with van der Waals surface area (Å²) in [6.45, 7) is 0. The number of rotatable bonds is 1. The lowest BCUT2D eigenvalue weighted by molar-refractivity contribution is 0.677. The summed E-state index contributed by atoms with van der Waals surface area (Å²) in [6.07, 6.45) is 6.36. The molecule has 0 bridgehead atoms. The average Bonchev–Trinajstić information content (AvgIpc) is 2.46. The molecule has 0 unspecified atom stereocenters. The zero-order valence-corrected chi connectivity index (χ0v) is 6.48. The summed E-state index contributed by atoms with van der Waals surface area (Å²) in [5, 5.41) is 7.07. The number of H-pyrrole nitrogens is 1. The molecule has 1 aliphatic rings. The van der Waals surface area contributed by atoms with Gasteiger partial charge < -0.3 is 10.4 Å². The van der Waals surface area contributed by atoms with E-state index in [2.05, 4.69) is 11.1 Å². The number of hydrogen-bond acceptors (Lipinski definition) is 1. The van der Waals surface area contributed by atoms with Gasteiger partial charge in [0.1, 0.15) is 0 Å². The van der Waals surface area contributed by atoms with Crippen LogP contribution in [0.25, 0.3) is 0 Å². The monoisotopic (exact) mass is 148 g/mol. The van der Waals surface area contributed by atoms with Gasteiger partial charge in [-0.05, 0) is 37.3 Å². The van der Waals surface area contributed by atoms with Crippen molar-refractivity contribution in [2.24, 2.45) is 0 Å². The molecule has 0 amide bonds. The second-order valence-electron chi connectivity index (χ2n) is 3.08. The molecule has 1 aromatic rings. The molecule has 2 N–H and O–H groups in total. The van der Waals surface area contributed by atoms with Crippen molar-refractivity contribution < 1.29 is 0 Å². The fraction of sp³-hybridized carbons (Fsp3) is 0.444. The van der Waals surface area contributed by atoms with Crippen molar-refractivity contribution in [3.8, 4) is 0 Å². The maximum absolute atomic E-state index is 7.07. The lowest BCUT2D eigenvalue weighted by Crippen LogP contribution is -1.99. The van der Waals surface area contributed by atoms with E-state index in [4.69, 9.17) is 5.41 Å². The first-order valence-electron chi connectivity index (χ1n) is 4.11. The Labute approximate surface area is 66.1 Å². The Morgan fingerprint density at radius 2 is 2.18 bits per heavy atom. The first kappa shape index (κ1) is 6.65. The van der Waals surface area contributed by atoms with Gasteiger partial charge in [-0.3, -0.25) is 0 Å². The maximum atomic E-state index is 7.07. The van der Waals surface area contributed by atoms with Crippen LogP contribution in [0.4, 0.5) is 0 Å². The molecule has 0 radical (unpaired) electrons. The van der Waals surface area contributed by atoms with E-state index in [1.165, 1.54) is 43.2 Å². The minimum Gasteiger partial charge on any atom is -0.357 e. The van der Waals surface area contributed by atoms with Gasteiger partial charge in [-0.1, -0.05) is 0 Å². The van der Waals surface area contributed by atoms with E-state index in [9.17, 15) is 0 Å². The SMILES string of the molecule is N=Cc1cc2c([nH]1)CCCC2. The second kappa shape index (κ2) is 2.53. The Bertz CT molecular complexity index is 250. The van der Waals surface area contributed by atoms with Gasteiger partial charge in [-0.25, -0.2) is 0 Å². The molecule has 0 atom stereocenters. The molecule has 0 fully saturated rings. The van der Waals surface area contributed by atoms with Gasteiger partial charge in [0, 0.05) is 11.9 Å². The molecule has 0 saturated carbocycles. The molecule has 0 aliphatic heterocycles. The van der Waals surface area contributed by atoms with Crippen LogP contribution < -0.4 is 0 Å². The molecule has 1 aliphatic carbocycles. The Morgan fingerprint density at radius 1 is 1.36 bits per heavy atom. The summed E-state index contributed by atoms with van der Waals surface area (Å²) in [5.74, 6) is 0.